The van der Waals surface area contributed by atoms with Gasteiger partial charge in [0, 0.05) is 22.5 Å². The second kappa shape index (κ2) is 8.50. The maximum atomic E-state index is 12.4. The van der Waals surface area contributed by atoms with Crippen LogP contribution in [0.4, 0.5) is 11.5 Å². The van der Waals surface area contributed by atoms with Crippen molar-refractivity contribution in [2.24, 2.45) is 0 Å². The van der Waals surface area contributed by atoms with E-state index in [1.807, 2.05) is 32.0 Å². The number of amides is 1. The molecule has 2 aromatic carbocycles. The van der Waals surface area contributed by atoms with Crippen molar-refractivity contribution in [3.8, 4) is 5.69 Å². The van der Waals surface area contributed by atoms with Crippen LogP contribution in [0.5, 0.6) is 0 Å². The fourth-order valence-corrected chi connectivity index (χ4v) is 3.75. The Morgan fingerprint density at radius 1 is 1.14 bits per heavy atom. The Labute approximate surface area is 171 Å². The van der Waals surface area contributed by atoms with Gasteiger partial charge in [-0.2, -0.15) is 4.98 Å². The molecular weight excluding hydrogens is 396 g/mol. The van der Waals surface area contributed by atoms with Crippen LogP contribution in [0.2, 0.25) is 5.02 Å². The zero-order valence-corrected chi connectivity index (χ0v) is 17.0. The van der Waals surface area contributed by atoms with E-state index < -0.39 is 5.56 Å². The van der Waals surface area contributed by atoms with Gasteiger partial charge in [0.25, 0.3) is 5.56 Å². The van der Waals surface area contributed by atoms with Crippen molar-refractivity contribution in [2.45, 2.75) is 19.0 Å². The fraction of sp³-hybridized carbons (Fsp3) is 0.150. The normalized spacial score (nSPS) is 10.7. The number of nitrogen functional groups attached to an aromatic ring is 1. The highest BCUT2D eigenvalue weighted by Gasteiger charge is 2.13. The average Bonchev–Trinajstić information content (AvgIpc) is 2.60. The SMILES string of the molecule is Cc1cc(C)cc(NC(=O)CSc2nc(=O)cc(N)n2-c2ccc(Cl)cc2)c1. The van der Waals surface area contributed by atoms with Crippen molar-refractivity contribution in [1.29, 1.82) is 0 Å². The number of halogens is 1. The first kappa shape index (κ1) is 20.0. The third kappa shape index (κ3) is 4.94. The van der Waals surface area contributed by atoms with Crippen LogP contribution in [-0.2, 0) is 4.79 Å². The third-order valence-corrected chi connectivity index (χ3v) is 5.04. The number of carbonyl (C=O) groups excluding carboxylic acids is 1. The third-order valence-electron chi connectivity index (χ3n) is 3.85. The summed E-state index contributed by atoms with van der Waals surface area (Å²) in [7, 11) is 0. The van der Waals surface area contributed by atoms with Crippen LogP contribution >= 0.6 is 23.4 Å². The summed E-state index contributed by atoms with van der Waals surface area (Å²) in [5, 5.41) is 3.78. The number of benzene rings is 2. The lowest BCUT2D eigenvalue weighted by Gasteiger charge is -2.15. The number of hydrogen-bond acceptors (Lipinski definition) is 5. The first-order chi connectivity index (χ1) is 13.3. The van der Waals surface area contributed by atoms with Gasteiger partial charge in [-0.15, -0.1) is 0 Å². The fourth-order valence-electron chi connectivity index (χ4n) is 2.80. The van der Waals surface area contributed by atoms with E-state index in [1.54, 1.807) is 28.8 Å². The molecular formula is C20H19ClN4O2S. The number of carbonyl (C=O) groups is 1. The summed E-state index contributed by atoms with van der Waals surface area (Å²) in [6.45, 7) is 3.94. The van der Waals surface area contributed by atoms with Crippen molar-refractivity contribution >= 4 is 40.8 Å². The van der Waals surface area contributed by atoms with Crippen LogP contribution in [0.3, 0.4) is 0 Å². The molecule has 0 aliphatic rings. The number of nitrogens with one attached hydrogen (secondary N) is 1. The molecule has 1 amide bonds. The predicted octanol–water partition coefficient (Wildman–Crippen LogP) is 3.82. The quantitative estimate of drug-likeness (QED) is 0.489. The highest BCUT2D eigenvalue weighted by atomic mass is 35.5. The number of rotatable bonds is 5. The Balaban J connectivity index is 1.81. The molecule has 0 fully saturated rings. The minimum Gasteiger partial charge on any atom is -0.385 e. The van der Waals surface area contributed by atoms with Crippen LogP contribution in [0.1, 0.15) is 11.1 Å². The molecule has 3 N–H and O–H groups in total. The van der Waals surface area contributed by atoms with Crippen LogP contribution in [0.15, 0.2) is 58.5 Å². The zero-order chi connectivity index (χ0) is 20.3. The number of hydrogen-bond donors (Lipinski definition) is 2. The summed E-state index contributed by atoms with van der Waals surface area (Å²) >= 11 is 7.08. The molecule has 0 unspecified atom stereocenters. The molecule has 144 valence electrons. The predicted molar refractivity (Wildman–Crippen MR) is 115 cm³/mol. The smallest absolute Gasteiger partial charge is 0.275 e. The van der Waals surface area contributed by atoms with E-state index in [1.165, 1.54) is 6.07 Å². The van der Waals surface area contributed by atoms with Crippen molar-refractivity contribution in [3.63, 3.8) is 0 Å². The van der Waals surface area contributed by atoms with Gasteiger partial charge in [0.1, 0.15) is 5.82 Å². The van der Waals surface area contributed by atoms with E-state index in [9.17, 15) is 9.59 Å². The van der Waals surface area contributed by atoms with Crippen molar-refractivity contribution < 1.29 is 4.79 Å². The number of aromatic nitrogens is 2. The molecule has 0 aliphatic carbocycles. The molecule has 0 radical (unpaired) electrons. The number of nitrogens with zero attached hydrogens (tertiary/aromatic N) is 2. The molecule has 8 heteroatoms. The lowest BCUT2D eigenvalue weighted by atomic mass is 10.1. The maximum absolute atomic E-state index is 12.4. The molecule has 3 aromatic rings. The number of thioether (sulfide) groups is 1. The van der Waals surface area contributed by atoms with E-state index in [0.29, 0.717) is 15.9 Å². The second-order valence-corrected chi connectivity index (χ2v) is 7.71. The Hall–Kier alpha value is -2.77. The standard InChI is InChI=1S/C20H19ClN4O2S/c1-12-7-13(2)9-15(8-12)23-19(27)11-28-20-24-18(26)10-17(22)25(20)16-5-3-14(21)4-6-16/h3-10H,11,22H2,1-2H3,(H,23,27). The Morgan fingerprint density at radius 3 is 2.43 bits per heavy atom. The average molecular weight is 415 g/mol. The molecule has 1 aromatic heterocycles. The molecule has 0 aliphatic heterocycles. The van der Waals surface area contributed by atoms with E-state index in [2.05, 4.69) is 10.3 Å². The summed E-state index contributed by atoms with van der Waals surface area (Å²) < 4.78 is 1.62. The molecule has 0 atom stereocenters. The van der Waals surface area contributed by atoms with Gasteiger partial charge in [0.15, 0.2) is 5.16 Å². The van der Waals surface area contributed by atoms with Gasteiger partial charge in [-0.3, -0.25) is 14.2 Å². The molecule has 0 saturated carbocycles. The highest BCUT2D eigenvalue weighted by molar-refractivity contribution is 7.99. The van der Waals surface area contributed by atoms with Gasteiger partial charge >= 0.3 is 0 Å². The van der Waals surface area contributed by atoms with Gasteiger partial charge < -0.3 is 11.1 Å². The van der Waals surface area contributed by atoms with Gasteiger partial charge in [-0.1, -0.05) is 29.4 Å². The van der Waals surface area contributed by atoms with Crippen LogP contribution in [0.25, 0.3) is 5.69 Å². The topological polar surface area (TPSA) is 90.0 Å². The summed E-state index contributed by atoms with van der Waals surface area (Å²) in [5.74, 6) is 0.116. The van der Waals surface area contributed by atoms with Gasteiger partial charge in [-0.05, 0) is 61.4 Å². The first-order valence-electron chi connectivity index (χ1n) is 8.48. The van der Waals surface area contributed by atoms with Gasteiger partial charge in [0.2, 0.25) is 5.91 Å². The molecule has 0 spiro atoms. The first-order valence-corrected chi connectivity index (χ1v) is 9.84. The molecule has 0 bridgehead atoms. The minimum absolute atomic E-state index is 0.0798. The van der Waals surface area contributed by atoms with Crippen LogP contribution in [-0.4, -0.2) is 21.2 Å². The van der Waals surface area contributed by atoms with Crippen LogP contribution < -0.4 is 16.6 Å². The Morgan fingerprint density at radius 2 is 1.79 bits per heavy atom. The van der Waals surface area contributed by atoms with E-state index in [4.69, 9.17) is 17.3 Å². The summed E-state index contributed by atoms with van der Waals surface area (Å²) in [5.41, 5.74) is 9.14. The molecule has 6 nitrogen and oxygen atoms in total. The largest absolute Gasteiger partial charge is 0.385 e. The maximum Gasteiger partial charge on any atom is 0.275 e. The van der Waals surface area contributed by atoms with Crippen molar-refractivity contribution in [1.82, 2.24) is 9.55 Å². The van der Waals surface area contributed by atoms with E-state index in [0.717, 1.165) is 28.6 Å². The number of aryl methyl sites for hydroxylation is 2. The van der Waals surface area contributed by atoms with E-state index >= 15 is 0 Å². The molecule has 3 rings (SSSR count). The summed E-state index contributed by atoms with van der Waals surface area (Å²) in [6.07, 6.45) is 0. The van der Waals surface area contributed by atoms with Crippen molar-refractivity contribution in [2.75, 3.05) is 16.8 Å². The minimum atomic E-state index is -0.458. The lowest BCUT2D eigenvalue weighted by molar-refractivity contribution is -0.113. The van der Waals surface area contributed by atoms with Gasteiger partial charge in [-0.25, -0.2) is 0 Å². The van der Waals surface area contributed by atoms with Crippen LogP contribution in [0, 0.1) is 13.8 Å². The molecule has 0 saturated heterocycles. The second-order valence-electron chi connectivity index (χ2n) is 6.33. The Kier molecular flexibility index (Phi) is 6.06. The number of nitrogens with two attached hydrogens (primary N) is 1. The highest BCUT2D eigenvalue weighted by Crippen LogP contribution is 2.24. The van der Waals surface area contributed by atoms with E-state index in [-0.39, 0.29) is 17.5 Å². The lowest BCUT2D eigenvalue weighted by Crippen LogP contribution is -2.19. The zero-order valence-electron chi connectivity index (χ0n) is 15.4. The Bertz CT molecular complexity index is 1060. The summed E-state index contributed by atoms with van der Waals surface area (Å²) in [4.78, 5) is 28.2. The summed E-state index contributed by atoms with van der Waals surface area (Å²) in [6, 6.07) is 14.1. The molecule has 28 heavy (non-hydrogen) atoms. The number of anilines is 2. The monoisotopic (exact) mass is 414 g/mol. The van der Waals surface area contributed by atoms with Gasteiger partial charge in [0.05, 0.1) is 5.75 Å². The van der Waals surface area contributed by atoms with Crippen molar-refractivity contribution in [3.05, 3.63) is 75.0 Å². The molecule has 1 heterocycles.